The van der Waals surface area contributed by atoms with E-state index in [1.165, 1.54) is 17.5 Å². The van der Waals surface area contributed by atoms with Crippen LogP contribution in [0.4, 0.5) is 0 Å². The van der Waals surface area contributed by atoms with Gasteiger partial charge in [-0.05, 0) is 24.0 Å². The van der Waals surface area contributed by atoms with Crippen LogP contribution in [0, 0.1) is 6.92 Å². The fraction of sp³-hybridized carbons (Fsp3) is 0.600. The predicted molar refractivity (Wildman–Crippen MR) is 72.6 cm³/mol. The van der Waals surface area contributed by atoms with Gasteiger partial charge in [-0.25, -0.2) is 0 Å². The maximum absolute atomic E-state index is 2.22. The fourth-order valence-corrected chi connectivity index (χ4v) is 1.23. The third-order valence-corrected chi connectivity index (χ3v) is 1.81. The average molecular weight is 208 g/mol. The van der Waals surface area contributed by atoms with E-state index in [9.17, 15) is 0 Å². The molecule has 0 nitrogen and oxygen atoms in total. The van der Waals surface area contributed by atoms with E-state index in [0.29, 0.717) is 5.92 Å². The Morgan fingerprint density at radius 1 is 1.00 bits per heavy atom. The molecule has 0 saturated heterocycles. The van der Waals surface area contributed by atoms with Crippen molar-refractivity contribution in [3.63, 3.8) is 0 Å². The maximum Gasteiger partial charge on any atom is -0.0216 e. The molecule has 88 valence electrons. The highest BCUT2D eigenvalue weighted by atomic mass is 14.0. The topological polar surface area (TPSA) is 0 Å². The lowest BCUT2D eigenvalue weighted by Gasteiger charge is -2.07. The van der Waals surface area contributed by atoms with Crippen LogP contribution in [0.1, 0.15) is 65.0 Å². The second-order valence-electron chi connectivity index (χ2n) is 3.72. The van der Waals surface area contributed by atoms with Crippen molar-refractivity contribution in [3.8, 4) is 0 Å². The number of hydrogen-bond donors (Lipinski definition) is 0. The monoisotopic (exact) mass is 208 g/mol. The van der Waals surface area contributed by atoms with Gasteiger partial charge in [0, 0.05) is 0 Å². The second kappa shape index (κ2) is 11.3. The Morgan fingerprint density at radius 3 is 1.67 bits per heavy atom. The van der Waals surface area contributed by atoms with Crippen LogP contribution in [0.2, 0.25) is 0 Å². The summed E-state index contributed by atoms with van der Waals surface area (Å²) in [7, 11) is 0. The molecule has 1 aromatic rings. The minimum atomic E-state index is 0.654. The normalized spacial score (nSPS) is 8.53. The standard InChI is InChI=1S/C10H14.C3H8.C2H6/c1-8(2)10-7-5-4-6-9(10)3;1-3-2;1-2/h4-8H,1-3H3;3H2,1-2H3;1-2H3. The molecule has 15 heavy (non-hydrogen) atoms. The summed E-state index contributed by atoms with van der Waals surface area (Å²) in [5.41, 5.74) is 2.86. The van der Waals surface area contributed by atoms with Gasteiger partial charge < -0.3 is 0 Å². The SMILES string of the molecule is CC.CCC.Cc1ccccc1C(C)C. The molecule has 0 bridgehead atoms. The summed E-state index contributed by atoms with van der Waals surface area (Å²) in [5.74, 6) is 0.654. The third kappa shape index (κ3) is 8.23. The highest BCUT2D eigenvalue weighted by molar-refractivity contribution is 5.27. The zero-order chi connectivity index (χ0) is 12.3. The van der Waals surface area contributed by atoms with Crippen LogP contribution < -0.4 is 0 Å². The van der Waals surface area contributed by atoms with Gasteiger partial charge in [-0.3, -0.25) is 0 Å². The van der Waals surface area contributed by atoms with Crippen molar-refractivity contribution >= 4 is 0 Å². The van der Waals surface area contributed by atoms with E-state index in [0.717, 1.165) is 0 Å². The first-order valence-electron chi connectivity index (χ1n) is 6.18. The molecule has 0 amide bonds. The van der Waals surface area contributed by atoms with E-state index in [2.05, 4.69) is 58.9 Å². The van der Waals surface area contributed by atoms with Crippen LogP contribution in [-0.4, -0.2) is 0 Å². The van der Waals surface area contributed by atoms with E-state index in [1.54, 1.807) is 0 Å². The van der Waals surface area contributed by atoms with Crippen molar-refractivity contribution in [1.82, 2.24) is 0 Å². The molecule has 0 aliphatic rings. The number of benzene rings is 1. The fourth-order valence-electron chi connectivity index (χ4n) is 1.23. The Balaban J connectivity index is 0. The van der Waals surface area contributed by atoms with E-state index in [4.69, 9.17) is 0 Å². The molecule has 0 atom stereocenters. The quantitative estimate of drug-likeness (QED) is 0.566. The zero-order valence-corrected chi connectivity index (χ0v) is 11.6. The van der Waals surface area contributed by atoms with Gasteiger partial charge in [-0.2, -0.15) is 0 Å². The smallest absolute Gasteiger partial charge is 0.0216 e. The lowest BCUT2D eigenvalue weighted by atomic mass is 9.99. The Labute approximate surface area is 96.7 Å². The first-order chi connectivity index (χ1) is 7.13. The molecule has 0 unspecified atom stereocenters. The van der Waals surface area contributed by atoms with Crippen molar-refractivity contribution in [3.05, 3.63) is 35.4 Å². The molecule has 0 N–H and O–H groups in total. The van der Waals surface area contributed by atoms with E-state index < -0.39 is 0 Å². The van der Waals surface area contributed by atoms with Gasteiger partial charge in [0.15, 0.2) is 0 Å². The minimum absolute atomic E-state index is 0.654. The molecule has 0 fully saturated rings. The molecule has 1 rings (SSSR count). The van der Waals surface area contributed by atoms with Crippen LogP contribution in [0.5, 0.6) is 0 Å². The van der Waals surface area contributed by atoms with E-state index in [1.807, 2.05) is 13.8 Å². The largest absolute Gasteiger partial charge is 0.0683 e. The van der Waals surface area contributed by atoms with Crippen molar-refractivity contribution in [2.24, 2.45) is 0 Å². The van der Waals surface area contributed by atoms with Crippen molar-refractivity contribution in [1.29, 1.82) is 0 Å². The molecule has 0 aliphatic heterocycles. The van der Waals surface area contributed by atoms with Crippen LogP contribution in [0.15, 0.2) is 24.3 Å². The number of rotatable bonds is 1. The molecule has 0 aromatic heterocycles. The molecule has 0 spiro atoms. The maximum atomic E-state index is 2.22. The number of hydrogen-bond acceptors (Lipinski definition) is 0. The van der Waals surface area contributed by atoms with Crippen molar-refractivity contribution in [2.75, 3.05) is 0 Å². The average Bonchev–Trinajstić information content (AvgIpc) is 2.22. The second-order valence-corrected chi connectivity index (χ2v) is 3.72. The van der Waals surface area contributed by atoms with Gasteiger partial charge in [-0.15, -0.1) is 0 Å². The molecule has 0 heteroatoms. The highest BCUT2D eigenvalue weighted by Gasteiger charge is 1.99. The Morgan fingerprint density at radius 2 is 1.40 bits per heavy atom. The van der Waals surface area contributed by atoms with Gasteiger partial charge in [0.2, 0.25) is 0 Å². The van der Waals surface area contributed by atoms with Crippen LogP contribution in [-0.2, 0) is 0 Å². The molecule has 0 heterocycles. The summed E-state index contributed by atoms with van der Waals surface area (Å²) in [6.45, 7) is 14.9. The first kappa shape index (κ1) is 16.6. The Hall–Kier alpha value is -0.780. The van der Waals surface area contributed by atoms with Gasteiger partial charge in [0.05, 0.1) is 0 Å². The summed E-state index contributed by atoms with van der Waals surface area (Å²) >= 11 is 0. The van der Waals surface area contributed by atoms with Gasteiger partial charge >= 0.3 is 0 Å². The van der Waals surface area contributed by atoms with Gasteiger partial charge in [0.25, 0.3) is 0 Å². The molecular formula is C15H28. The minimum Gasteiger partial charge on any atom is -0.0683 e. The lowest BCUT2D eigenvalue weighted by Crippen LogP contribution is -1.89. The molecular weight excluding hydrogens is 180 g/mol. The van der Waals surface area contributed by atoms with Crippen molar-refractivity contribution < 1.29 is 0 Å². The third-order valence-electron chi connectivity index (χ3n) is 1.81. The lowest BCUT2D eigenvalue weighted by molar-refractivity contribution is 0.856. The van der Waals surface area contributed by atoms with Gasteiger partial charge in [-0.1, -0.05) is 72.2 Å². The molecule has 1 aromatic carbocycles. The van der Waals surface area contributed by atoms with Crippen LogP contribution >= 0.6 is 0 Å². The van der Waals surface area contributed by atoms with E-state index in [-0.39, 0.29) is 0 Å². The highest BCUT2D eigenvalue weighted by Crippen LogP contribution is 2.17. The van der Waals surface area contributed by atoms with Crippen LogP contribution in [0.25, 0.3) is 0 Å². The summed E-state index contributed by atoms with van der Waals surface area (Å²) in [4.78, 5) is 0. The molecule has 0 saturated carbocycles. The summed E-state index contributed by atoms with van der Waals surface area (Å²) < 4.78 is 0. The Bertz CT molecular complexity index is 223. The van der Waals surface area contributed by atoms with Crippen molar-refractivity contribution in [2.45, 2.75) is 60.8 Å². The summed E-state index contributed by atoms with van der Waals surface area (Å²) in [6.07, 6.45) is 1.25. The summed E-state index contributed by atoms with van der Waals surface area (Å²) in [6, 6.07) is 8.54. The van der Waals surface area contributed by atoms with E-state index >= 15 is 0 Å². The predicted octanol–water partition coefficient (Wildman–Crippen LogP) is 5.56. The number of aryl methyl sites for hydroxylation is 1. The first-order valence-corrected chi connectivity index (χ1v) is 6.18. The molecule has 0 radical (unpaired) electrons. The summed E-state index contributed by atoms with van der Waals surface area (Å²) in [5, 5.41) is 0. The Kier molecular flexibility index (Phi) is 12.5. The van der Waals surface area contributed by atoms with Crippen LogP contribution in [0.3, 0.4) is 0 Å². The molecule has 0 aliphatic carbocycles. The van der Waals surface area contributed by atoms with Gasteiger partial charge in [0.1, 0.15) is 0 Å². The zero-order valence-electron chi connectivity index (χ0n) is 11.6.